The zero-order valence-electron chi connectivity index (χ0n) is 11.5. The molecular formula is C15H25NO. The lowest BCUT2D eigenvalue weighted by Gasteiger charge is -2.19. The van der Waals surface area contributed by atoms with Crippen molar-refractivity contribution < 1.29 is 4.74 Å². The molecule has 0 saturated heterocycles. The van der Waals surface area contributed by atoms with E-state index in [-0.39, 0.29) is 6.10 Å². The summed E-state index contributed by atoms with van der Waals surface area (Å²) in [4.78, 5) is 0. The van der Waals surface area contributed by atoms with E-state index >= 15 is 0 Å². The Bertz CT molecular complexity index is 324. The largest absolute Gasteiger partial charge is 0.489 e. The van der Waals surface area contributed by atoms with Gasteiger partial charge < -0.3 is 10.1 Å². The molecule has 0 aliphatic rings. The Morgan fingerprint density at radius 3 is 2.71 bits per heavy atom. The first kappa shape index (κ1) is 14.0. The molecule has 2 nitrogen and oxygen atoms in total. The summed E-state index contributed by atoms with van der Waals surface area (Å²) in [7, 11) is 0. The fraction of sp³-hybridized carbons (Fsp3) is 0.600. The zero-order chi connectivity index (χ0) is 12.7. The molecule has 0 heterocycles. The minimum atomic E-state index is 0.205. The first-order valence-corrected chi connectivity index (χ1v) is 6.58. The average Bonchev–Trinajstić information content (AvgIpc) is 2.27. The maximum Gasteiger partial charge on any atom is 0.120 e. The smallest absolute Gasteiger partial charge is 0.120 e. The first-order valence-electron chi connectivity index (χ1n) is 6.58. The van der Waals surface area contributed by atoms with E-state index in [1.807, 2.05) is 12.1 Å². The zero-order valence-corrected chi connectivity index (χ0v) is 11.5. The minimum absolute atomic E-state index is 0.205. The number of aryl methyl sites for hydroxylation is 1. The van der Waals surface area contributed by atoms with E-state index in [0.717, 1.165) is 12.3 Å². The minimum Gasteiger partial charge on any atom is -0.489 e. The van der Waals surface area contributed by atoms with E-state index in [4.69, 9.17) is 4.74 Å². The van der Waals surface area contributed by atoms with Crippen molar-refractivity contribution in [3.05, 3.63) is 29.8 Å². The van der Waals surface area contributed by atoms with Gasteiger partial charge >= 0.3 is 0 Å². The number of hydrogen-bond acceptors (Lipinski definition) is 2. The van der Waals surface area contributed by atoms with Crippen molar-refractivity contribution in [1.82, 2.24) is 5.32 Å². The number of ether oxygens (including phenoxy) is 1. The van der Waals surface area contributed by atoms with Gasteiger partial charge in [-0.25, -0.2) is 0 Å². The Hall–Kier alpha value is -1.02. The number of nitrogens with one attached hydrogen (secondary N) is 1. The Kier molecular flexibility index (Phi) is 6.06. The van der Waals surface area contributed by atoms with Crippen LogP contribution in [-0.4, -0.2) is 18.7 Å². The van der Waals surface area contributed by atoms with E-state index in [2.05, 4.69) is 45.1 Å². The van der Waals surface area contributed by atoms with Crippen molar-refractivity contribution in [3.63, 3.8) is 0 Å². The van der Waals surface area contributed by atoms with Gasteiger partial charge in [0.1, 0.15) is 11.9 Å². The van der Waals surface area contributed by atoms with Crippen molar-refractivity contribution in [2.45, 2.75) is 52.7 Å². The van der Waals surface area contributed by atoms with Gasteiger partial charge in [0.2, 0.25) is 0 Å². The summed E-state index contributed by atoms with van der Waals surface area (Å²) in [5.41, 5.74) is 1.24. The highest BCUT2D eigenvalue weighted by atomic mass is 16.5. The molecule has 96 valence electrons. The van der Waals surface area contributed by atoms with Crippen LogP contribution in [0.5, 0.6) is 5.75 Å². The molecule has 0 amide bonds. The predicted octanol–water partition coefficient (Wildman–Crippen LogP) is 3.54. The third-order valence-electron chi connectivity index (χ3n) is 2.80. The molecule has 1 N–H and O–H groups in total. The lowest BCUT2D eigenvalue weighted by molar-refractivity contribution is 0.211. The molecule has 2 unspecified atom stereocenters. The normalized spacial score (nSPS) is 14.4. The Morgan fingerprint density at radius 2 is 2.06 bits per heavy atom. The van der Waals surface area contributed by atoms with Gasteiger partial charge in [0.15, 0.2) is 0 Å². The van der Waals surface area contributed by atoms with E-state index < -0.39 is 0 Å². The van der Waals surface area contributed by atoms with E-state index in [1.165, 1.54) is 18.4 Å². The SMILES string of the molecule is CCCC(C)NCC(C)Oc1cccc(C)c1. The summed E-state index contributed by atoms with van der Waals surface area (Å²) >= 11 is 0. The average molecular weight is 235 g/mol. The van der Waals surface area contributed by atoms with Crippen LogP contribution in [0.25, 0.3) is 0 Å². The highest BCUT2D eigenvalue weighted by Crippen LogP contribution is 2.13. The summed E-state index contributed by atoms with van der Waals surface area (Å²) in [6.07, 6.45) is 2.65. The molecule has 2 atom stereocenters. The summed E-state index contributed by atoms with van der Waals surface area (Å²) in [5.74, 6) is 0.961. The molecule has 1 aromatic rings. The highest BCUT2D eigenvalue weighted by Gasteiger charge is 2.06. The van der Waals surface area contributed by atoms with Crippen LogP contribution in [0.1, 0.15) is 39.2 Å². The third-order valence-corrected chi connectivity index (χ3v) is 2.80. The molecule has 0 bridgehead atoms. The Labute approximate surface area is 105 Å². The van der Waals surface area contributed by atoms with Crippen LogP contribution < -0.4 is 10.1 Å². The number of benzene rings is 1. The summed E-state index contributed by atoms with van der Waals surface area (Å²) in [6, 6.07) is 8.78. The lowest BCUT2D eigenvalue weighted by atomic mass is 10.2. The Morgan fingerprint density at radius 1 is 1.29 bits per heavy atom. The van der Waals surface area contributed by atoms with Gasteiger partial charge in [0, 0.05) is 12.6 Å². The third kappa shape index (κ3) is 5.73. The van der Waals surface area contributed by atoms with Crippen LogP contribution in [0.2, 0.25) is 0 Å². The molecule has 1 rings (SSSR count). The number of hydrogen-bond donors (Lipinski definition) is 1. The summed E-state index contributed by atoms with van der Waals surface area (Å²) in [5, 5.41) is 3.49. The molecule has 0 aliphatic carbocycles. The monoisotopic (exact) mass is 235 g/mol. The van der Waals surface area contributed by atoms with Gasteiger partial charge in [0.05, 0.1) is 0 Å². The molecule has 2 heteroatoms. The lowest BCUT2D eigenvalue weighted by Crippen LogP contribution is -2.34. The quantitative estimate of drug-likeness (QED) is 0.780. The van der Waals surface area contributed by atoms with Crippen molar-refractivity contribution in [2.24, 2.45) is 0 Å². The molecule has 0 spiro atoms. The second-order valence-corrected chi connectivity index (χ2v) is 4.84. The first-order chi connectivity index (χ1) is 8.11. The van der Waals surface area contributed by atoms with Crippen LogP contribution in [0, 0.1) is 6.92 Å². The van der Waals surface area contributed by atoms with Gasteiger partial charge in [-0.3, -0.25) is 0 Å². The second kappa shape index (κ2) is 7.33. The van der Waals surface area contributed by atoms with E-state index in [1.54, 1.807) is 0 Å². The molecule has 0 radical (unpaired) electrons. The maximum absolute atomic E-state index is 5.86. The van der Waals surface area contributed by atoms with Gasteiger partial charge in [-0.15, -0.1) is 0 Å². The molecule has 0 saturated carbocycles. The van der Waals surface area contributed by atoms with Gasteiger partial charge in [-0.1, -0.05) is 25.5 Å². The molecule has 0 aliphatic heterocycles. The van der Waals surface area contributed by atoms with Crippen LogP contribution in [0.3, 0.4) is 0 Å². The maximum atomic E-state index is 5.86. The van der Waals surface area contributed by atoms with Gasteiger partial charge in [-0.2, -0.15) is 0 Å². The van der Waals surface area contributed by atoms with Crippen molar-refractivity contribution in [3.8, 4) is 5.75 Å². The second-order valence-electron chi connectivity index (χ2n) is 4.84. The molecule has 17 heavy (non-hydrogen) atoms. The molecule has 0 fully saturated rings. The number of rotatable bonds is 7. The van der Waals surface area contributed by atoms with Crippen molar-refractivity contribution >= 4 is 0 Å². The van der Waals surface area contributed by atoms with Crippen LogP contribution in [0.15, 0.2) is 24.3 Å². The molecular weight excluding hydrogens is 210 g/mol. The van der Waals surface area contributed by atoms with Crippen LogP contribution in [0.4, 0.5) is 0 Å². The summed E-state index contributed by atoms with van der Waals surface area (Å²) < 4.78 is 5.86. The van der Waals surface area contributed by atoms with Gasteiger partial charge in [0.25, 0.3) is 0 Å². The van der Waals surface area contributed by atoms with Crippen molar-refractivity contribution in [2.75, 3.05) is 6.54 Å². The molecule has 1 aromatic carbocycles. The van der Waals surface area contributed by atoms with E-state index in [0.29, 0.717) is 6.04 Å². The fourth-order valence-electron chi connectivity index (χ4n) is 1.86. The highest BCUT2D eigenvalue weighted by molar-refractivity contribution is 5.27. The van der Waals surface area contributed by atoms with E-state index in [9.17, 15) is 0 Å². The topological polar surface area (TPSA) is 21.3 Å². The Balaban J connectivity index is 2.32. The summed E-state index contributed by atoms with van der Waals surface area (Å²) in [6.45, 7) is 9.52. The van der Waals surface area contributed by atoms with Crippen LogP contribution >= 0.6 is 0 Å². The molecule has 0 aromatic heterocycles. The van der Waals surface area contributed by atoms with Crippen LogP contribution in [-0.2, 0) is 0 Å². The predicted molar refractivity (Wildman–Crippen MR) is 73.6 cm³/mol. The fourth-order valence-corrected chi connectivity index (χ4v) is 1.86. The standard InChI is InChI=1S/C15H25NO/c1-5-7-13(3)16-11-14(4)17-15-9-6-8-12(2)10-15/h6,8-10,13-14,16H,5,7,11H2,1-4H3. The van der Waals surface area contributed by atoms with Crippen molar-refractivity contribution in [1.29, 1.82) is 0 Å². The van der Waals surface area contributed by atoms with Gasteiger partial charge in [-0.05, 0) is 44.9 Å².